The van der Waals surface area contributed by atoms with Crippen LogP contribution in [0.2, 0.25) is 0 Å². The van der Waals surface area contributed by atoms with Gasteiger partial charge in [-0.05, 0) is 37.5 Å². The van der Waals surface area contributed by atoms with Gasteiger partial charge in [0.1, 0.15) is 5.76 Å². The van der Waals surface area contributed by atoms with Crippen molar-refractivity contribution < 1.29 is 24.6 Å². The average molecular weight is 343 g/mol. The molecule has 6 nitrogen and oxygen atoms in total. The molecule has 25 heavy (non-hydrogen) atoms. The Labute approximate surface area is 145 Å². The smallest absolute Gasteiger partial charge is 0.335 e. The quantitative estimate of drug-likeness (QED) is 0.633. The van der Waals surface area contributed by atoms with Gasteiger partial charge in [-0.1, -0.05) is 19.3 Å². The fourth-order valence-corrected chi connectivity index (χ4v) is 3.89. The number of amides is 2. The number of aromatic carboxylic acids is 1. The van der Waals surface area contributed by atoms with Crippen LogP contribution in [0.25, 0.3) is 5.57 Å². The molecule has 0 radical (unpaired) electrons. The van der Waals surface area contributed by atoms with Crippen molar-refractivity contribution in [2.24, 2.45) is 5.92 Å². The van der Waals surface area contributed by atoms with Crippen molar-refractivity contribution in [2.45, 2.75) is 46.0 Å². The Morgan fingerprint density at radius 1 is 1.12 bits per heavy atom. The molecule has 1 fully saturated rings. The number of aliphatic hydroxyl groups excluding tert-OH is 1. The third-order valence-corrected chi connectivity index (χ3v) is 5.14. The molecule has 0 aromatic heterocycles. The lowest BCUT2D eigenvalue weighted by Gasteiger charge is -2.22. The Morgan fingerprint density at radius 3 is 2.32 bits per heavy atom. The van der Waals surface area contributed by atoms with Crippen LogP contribution >= 0.6 is 0 Å². The van der Waals surface area contributed by atoms with Crippen LogP contribution in [0.15, 0.2) is 17.9 Å². The van der Waals surface area contributed by atoms with Gasteiger partial charge in [-0.25, -0.2) is 9.69 Å². The molecule has 0 unspecified atom stereocenters. The third kappa shape index (κ3) is 2.71. The SMILES string of the molecule is CC(=O)N1C(=O)C(=C(O)C2CCCCC2)c2c1ccc(C(=O)O)c2C. The summed E-state index contributed by atoms with van der Waals surface area (Å²) >= 11 is 0. The molecule has 3 rings (SSSR count). The van der Waals surface area contributed by atoms with E-state index in [2.05, 4.69) is 0 Å². The highest BCUT2D eigenvalue weighted by atomic mass is 16.4. The van der Waals surface area contributed by atoms with Gasteiger partial charge in [-0.2, -0.15) is 0 Å². The third-order valence-electron chi connectivity index (χ3n) is 5.14. The maximum absolute atomic E-state index is 12.9. The summed E-state index contributed by atoms with van der Waals surface area (Å²) in [4.78, 5) is 37.3. The first-order chi connectivity index (χ1) is 11.8. The molecule has 1 saturated carbocycles. The molecule has 2 aliphatic rings. The van der Waals surface area contributed by atoms with Gasteiger partial charge in [0.2, 0.25) is 5.91 Å². The number of allylic oxidation sites excluding steroid dienone is 1. The van der Waals surface area contributed by atoms with Crippen molar-refractivity contribution >= 4 is 29.0 Å². The standard InChI is InChI=1S/C19H21NO5/c1-10-13(19(24)25)8-9-14-15(10)16(18(23)20(14)11(2)21)17(22)12-6-4-3-5-7-12/h8-9,12,22H,3-7H2,1-2H3,(H,24,25). The van der Waals surface area contributed by atoms with Crippen molar-refractivity contribution in [2.75, 3.05) is 4.90 Å². The fraction of sp³-hybridized carbons (Fsp3) is 0.421. The lowest BCUT2D eigenvalue weighted by Crippen LogP contribution is -2.31. The lowest BCUT2D eigenvalue weighted by atomic mass is 9.84. The molecule has 132 valence electrons. The molecule has 0 atom stereocenters. The molecule has 1 aromatic carbocycles. The number of carbonyl (C=O) groups excluding carboxylic acids is 2. The van der Waals surface area contributed by atoms with Crippen LogP contribution < -0.4 is 4.90 Å². The van der Waals surface area contributed by atoms with E-state index in [0.29, 0.717) is 16.8 Å². The summed E-state index contributed by atoms with van der Waals surface area (Å²) in [6.07, 6.45) is 4.64. The van der Waals surface area contributed by atoms with E-state index in [9.17, 15) is 24.6 Å². The summed E-state index contributed by atoms with van der Waals surface area (Å²) in [5.41, 5.74) is 1.24. The van der Waals surface area contributed by atoms with E-state index in [1.54, 1.807) is 6.92 Å². The van der Waals surface area contributed by atoms with E-state index in [0.717, 1.165) is 37.0 Å². The Balaban J connectivity index is 2.24. The molecule has 2 amide bonds. The van der Waals surface area contributed by atoms with Crippen LogP contribution in [-0.4, -0.2) is 28.0 Å². The molecule has 1 aromatic rings. The number of carboxylic acids is 1. The van der Waals surface area contributed by atoms with Gasteiger partial charge in [-0.3, -0.25) is 9.59 Å². The minimum Gasteiger partial charge on any atom is -0.511 e. The van der Waals surface area contributed by atoms with Crippen molar-refractivity contribution in [3.05, 3.63) is 34.6 Å². The number of nitrogens with zero attached hydrogens (tertiary/aromatic N) is 1. The van der Waals surface area contributed by atoms with Crippen molar-refractivity contribution in [3.63, 3.8) is 0 Å². The highest BCUT2D eigenvalue weighted by molar-refractivity contribution is 6.40. The second-order valence-electron chi connectivity index (χ2n) is 6.69. The first-order valence-electron chi connectivity index (χ1n) is 8.50. The molecule has 1 heterocycles. The first-order valence-corrected chi connectivity index (χ1v) is 8.50. The van der Waals surface area contributed by atoms with E-state index in [1.165, 1.54) is 19.1 Å². The number of aliphatic hydroxyl groups is 1. The van der Waals surface area contributed by atoms with E-state index in [1.807, 2.05) is 0 Å². The number of carbonyl (C=O) groups is 3. The molecular weight excluding hydrogens is 322 g/mol. The Morgan fingerprint density at radius 2 is 1.76 bits per heavy atom. The minimum atomic E-state index is -1.11. The Bertz CT molecular complexity index is 802. The zero-order valence-corrected chi connectivity index (χ0v) is 14.3. The lowest BCUT2D eigenvalue weighted by molar-refractivity contribution is -0.122. The molecule has 6 heteroatoms. The topological polar surface area (TPSA) is 94.9 Å². The molecule has 1 aliphatic carbocycles. The van der Waals surface area contributed by atoms with Gasteiger partial charge in [0.15, 0.2) is 0 Å². The number of benzene rings is 1. The average Bonchev–Trinajstić information content (AvgIpc) is 2.88. The van der Waals surface area contributed by atoms with Crippen LogP contribution in [0, 0.1) is 12.8 Å². The minimum absolute atomic E-state index is 0.0136. The molecular formula is C19H21NO5. The molecule has 0 bridgehead atoms. The molecule has 2 N–H and O–H groups in total. The summed E-state index contributed by atoms with van der Waals surface area (Å²) in [5, 5.41) is 20.2. The maximum Gasteiger partial charge on any atom is 0.335 e. The van der Waals surface area contributed by atoms with Gasteiger partial charge < -0.3 is 10.2 Å². The predicted octanol–water partition coefficient (Wildman–Crippen LogP) is 3.44. The van der Waals surface area contributed by atoms with E-state index >= 15 is 0 Å². The summed E-state index contributed by atoms with van der Waals surface area (Å²) in [6.45, 7) is 2.88. The van der Waals surface area contributed by atoms with Crippen LogP contribution in [0.4, 0.5) is 5.69 Å². The van der Waals surface area contributed by atoms with Crippen LogP contribution in [0.5, 0.6) is 0 Å². The van der Waals surface area contributed by atoms with E-state index in [-0.39, 0.29) is 22.8 Å². The number of fused-ring (bicyclic) bond motifs is 1. The Hall–Kier alpha value is -2.63. The second-order valence-corrected chi connectivity index (χ2v) is 6.69. The summed E-state index contributed by atoms with van der Waals surface area (Å²) in [6, 6.07) is 2.85. The summed E-state index contributed by atoms with van der Waals surface area (Å²) < 4.78 is 0. The van der Waals surface area contributed by atoms with Gasteiger partial charge in [0.05, 0.1) is 16.8 Å². The predicted molar refractivity (Wildman–Crippen MR) is 92.4 cm³/mol. The highest BCUT2D eigenvalue weighted by Crippen LogP contribution is 2.44. The monoisotopic (exact) mass is 343 g/mol. The van der Waals surface area contributed by atoms with E-state index < -0.39 is 17.8 Å². The van der Waals surface area contributed by atoms with Gasteiger partial charge in [-0.15, -0.1) is 0 Å². The number of imide groups is 1. The maximum atomic E-state index is 12.9. The normalized spacial score (nSPS) is 19.8. The zero-order chi connectivity index (χ0) is 18.3. The first kappa shape index (κ1) is 17.2. The number of carboxylic acid groups (broad SMARTS) is 1. The summed E-state index contributed by atoms with van der Waals surface area (Å²) in [5.74, 6) is -2.28. The highest BCUT2D eigenvalue weighted by Gasteiger charge is 2.40. The van der Waals surface area contributed by atoms with Crippen molar-refractivity contribution in [1.29, 1.82) is 0 Å². The van der Waals surface area contributed by atoms with Crippen LogP contribution in [-0.2, 0) is 9.59 Å². The number of rotatable bonds is 2. The largest absolute Gasteiger partial charge is 0.511 e. The van der Waals surface area contributed by atoms with Gasteiger partial charge in [0, 0.05) is 18.4 Å². The molecule has 1 aliphatic heterocycles. The zero-order valence-electron chi connectivity index (χ0n) is 14.3. The number of hydrogen-bond acceptors (Lipinski definition) is 4. The Kier molecular flexibility index (Phi) is 4.37. The fourth-order valence-electron chi connectivity index (χ4n) is 3.89. The van der Waals surface area contributed by atoms with Gasteiger partial charge >= 0.3 is 5.97 Å². The van der Waals surface area contributed by atoms with Crippen LogP contribution in [0.1, 0.15) is 60.5 Å². The van der Waals surface area contributed by atoms with Gasteiger partial charge in [0.25, 0.3) is 5.91 Å². The van der Waals surface area contributed by atoms with Crippen molar-refractivity contribution in [1.82, 2.24) is 0 Å². The number of anilines is 1. The second kappa shape index (κ2) is 6.35. The molecule has 0 spiro atoms. The van der Waals surface area contributed by atoms with Crippen molar-refractivity contribution in [3.8, 4) is 0 Å². The number of hydrogen-bond donors (Lipinski definition) is 2. The van der Waals surface area contributed by atoms with Crippen LogP contribution in [0.3, 0.4) is 0 Å². The summed E-state index contributed by atoms with van der Waals surface area (Å²) in [7, 11) is 0. The van der Waals surface area contributed by atoms with E-state index in [4.69, 9.17) is 0 Å². The molecule has 0 saturated heterocycles.